The third-order valence-electron chi connectivity index (χ3n) is 5.74. The van der Waals surface area contributed by atoms with Crippen LogP contribution in [0, 0.1) is 13.8 Å². The van der Waals surface area contributed by atoms with Crippen LogP contribution in [0.4, 0.5) is 0 Å². The highest BCUT2D eigenvalue weighted by atomic mass is 16.2. The minimum absolute atomic E-state index is 0.0336. The molecule has 1 aromatic carbocycles. The van der Waals surface area contributed by atoms with Crippen molar-refractivity contribution in [3.8, 4) is 0 Å². The van der Waals surface area contributed by atoms with Crippen LogP contribution in [-0.2, 0) is 6.54 Å². The van der Waals surface area contributed by atoms with Gasteiger partial charge in [0.2, 0.25) is 5.56 Å². The maximum Gasteiger partial charge on any atom is 0.254 e. The molecule has 0 bridgehead atoms. The fourth-order valence-electron chi connectivity index (χ4n) is 4.20. The summed E-state index contributed by atoms with van der Waals surface area (Å²) < 4.78 is 2.13. The molecule has 3 aromatic rings. The molecule has 146 valence electrons. The average molecular weight is 378 g/mol. The first kappa shape index (κ1) is 18.5. The van der Waals surface area contributed by atoms with Gasteiger partial charge in [-0.25, -0.2) is 4.98 Å². The second-order valence-corrected chi connectivity index (χ2v) is 7.70. The molecule has 1 N–H and O–H groups in total. The molecular formula is C22H26N4O2. The summed E-state index contributed by atoms with van der Waals surface area (Å²) in [5.74, 6) is 0.957. The van der Waals surface area contributed by atoms with E-state index in [1.807, 2.05) is 49.3 Å². The van der Waals surface area contributed by atoms with Crippen LogP contribution in [0.1, 0.15) is 47.4 Å². The second-order valence-electron chi connectivity index (χ2n) is 7.70. The predicted octanol–water partition coefficient (Wildman–Crippen LogP) is 3.43. The van der Waals surface area contributed by atoms with Crippen LogP contribution >= 0.6 is 0 Å². The van der Waals surface area contributed by atoms with E-state index in [1.165, 1.54) is 6.07 Å². The van der Waals surface area contributed by atoms with Gasteiger partial charge in [-0.15, -0.1) is 0 Å². The maximum absolute atomic E-state index is 13.5. The fraction of sp³-hybridized carbons (Fsp3) is 0.409. The summed E-state index contributed by atoms with van der Waals surface area (Å²) in [4.78, 5) is 34.7. The zero-order chi connectivity index (χ0) is 19.7. The third kappa shape index (κ3) is 3.59. The van der Waals surface area contributed by atoms with Crippen molar-refractivity contribution in [3.05, 3.63) is 64.0 Å². The number of nitrogens with zero attached hydrogens (tertiary/aromatic N) is 3. The van der Waals surface area contributed by atoms with Crippen molar-refractivity contribution < 1.29 is 4.79 Å². The number of aryl methyl sites for hydroxylation is 3. The lowest BCUT2D eigenvalue weighted by molar-refractivity contribution is 0.0597. The Labute approximate surface area is 164 Å². The topological polar surface area (TPSA) is 71.0 Å². The van der Waals surface area contributed by atoms with Crippen molar-refractivity contribution in [1.29, 1.82) is 0 Å². The van der Waals surface area contributed by atoms with Gasteiger partial charge in [0.05, 0.1) is 5.56 Å². The molecule has 1 aliphatic rings. The number of carbonyl (C=O) groups excluding carboxylic acids is 1. The first-order valence-electron chi connectivity index (χ1n) is 9.95. The third-order valence-corrected chi connectivity index (χ3v) is 5.74. The lowest BCUT2D eigenvalue weighted by atomic mass is 9.97. The van der Waals surface area contributed by atoms with Gasteiger partial charge in [0, 0.05) is 48.5 Å². The molecule has 2 aromatic heterocycles. The number of fused-ring (bicyclic) bond motifs is 1. The monoisotopic (exact) mass is 378 g/mol. The quantitative estimate of drug-likeness (QED) is 0.756. The van der Waals surface area contributed by atoms with Crippen molar-refractivity contribution in [3.63, 3.8) is 0 Å². The standard InChI is InChI=1S/C22H26N4O2/c1-15-6-7-20-18(13-15)19(14-21(27)24-20)22(28)26-10-4-3-5-17(26)8-11-25-12-9-23-16(25)2/h6-7,9,12-14,17H,3-5,8,10-11H2,1-2H3,(H,24,27). The van der Waals surface area contributed by atoms with Crippen molar-refractivity contribution in [2.45, 2.75) is 52.1 Å². The Balaban J connectivity index is 1.63. The van der Waals surface area contributed by atoms with Gasteiger partial charge in [0.1, 0.15) is 5.82 Å². The lowest BCUT2D eigenvalue weighted by Gasteiger charge is -2.36. The van der Waals surface area contributed by atoms with Gasteiger partial charge in [0.15, 0.2) is 0 Å². The highest BCUT2D eigenvalue weighted by molar-refractivity contribution is 6.06. The van der Waals surface area contributed by atoms with E-state index in [2.05, 4.69) is 14.5 Å². The van der Waals surface area contributed by atoms with Gasteiger partial charge in [-0.1, -0.05) is 11.6 Å². The number of pyridine rings is 1. The summed E-state index contributed by atoms with van der Waals surface area (Å²) in [7, 11) is 0. The first-order valence-corrected chi connectivity index (χ1v) is 9.95. The van der Waals surface area contributed by atoms with E-state index in [1.54, 1.807) is 0 Å². The molecule has 1 amide bonds. The van der Waals surface area contributed by atoms with Crippen LogP contribution in [0.2, 0.25) is 0 Å². The molecule has 1 unspecified atom stereocenters. The highest BCUT2D eigenvalue weighted by Crippen LogP contribution is 2.25. The Morgan fingerprint density at radius 3 is 2.89 bits per heavy atom. The molecule has 0 saturated carbocycles. The fourth-order valence-corrected chi connectivity index (χ4v) is 4.20. The molecule has 0 aliphatic carbocycles. The number of carbonyl (C=O) groups is 1. The van der Waals surface area contributed by atoms with Crippen LogP contribution in [0.5, 0.6) is 0 Å². The maximum atomic E-state index is 13.5. The van der Waals surface area contributed by atoms with Gasteiger partial charge in [-0.2, -0.15) is 0 Å². The van der Waals surface area contributed by atoms with Gasteiger partial charge in [-0.3, -0.25) is 9.59 Å². The van der Waals surface area contributed by atoms with Crippen molar-refractivity contribution >= 4 is 16.8 Å². The molecule has 28 heavy (non-hydrogen) atoms. The SMILES string of the molecule is Cc1ccc2[nH]c(=O)cc(C(=O)N3CCCCC3CCn3ccnc3C)c2c1. The summed E-state index contributed by atoms with van der Waals surface area (Å²) in [6.07, 6.45) is 7.82. The van der Waals surface area contributed by atoms with E-state index < -0.39 is 0 Å². The first-order chi connectivity index (χ1) is 13.5. The normalized spacial score (nSPS) is 17.2. The van der Waals surface area contributed by atoms with Gasteiger partial charge in [0.25, 0.3) is 5.91 Å². The number of hydrogen-bond donors (Lipinski definition) is 1. The van der Waals surface area contributed by atoms with Crippen LogP contribution < -0.4 is 5.56 Å². The molecule has 6 heteroatoms. The predicted molar refractivity (Wildman–Crippen MR) is 110 cm³/mol. The summed E-state index contributed by atoms with van der Waals surface area (Å²) in [6.45, 7) is 5.58. The Bertz CT molecular complexity index is 1070. The van der Waals surface area contributed by atoms with Crippen molar-refractivity contribution in [2.24, 2.45) is 0 Å². The number of amides is 1. The average Bonchev–Trinajstić information content (AvgIpc) is 3.10. The molecule has 0 spiro atoms. The number of H-pyrrole nitrogens is 1. The highest BCUT2D eigenvalue weighted by Gasteiger charge is 2.28. The minimum Gasteiger partial charge on any atom is -0.336 e. The number of rotatable bonds is 4. The van der Waals surface area contributed by atoms with E-state index in [4.69, 9.17) is 0 Å². The number of benzene rings is 1. The minimum atomic E-state index is -0.234. The van der Waals surface area contributed by atoms with E-state index in [9.17, 15) is 9.59 Å². The zero-order valence-electron chi connectivity index (χ0n) is 16.4. The molecule has 1 fully saturated rings. The molecular weight excluding hydrogens is 352 g/mol. The zero-order valence-corrected chi connectivity index (χ0v) is 16.4. The van der Waals surface area contributed by atoms with Gasteiger partial charge < -0.3 is 14.5 Å². The Morgan fingerprint density at radius 1 is 1.25 bits per heavy atom. The largest absolute Gasteiger partial charge is 0.336 e. The van der Waals surface area contributed by atoms with E-state index >= 15 is 0 Å². The van der Waals surface area contributed by atoms with Crippen LogP contribution in [0.25, 0.3) is 10.9 Å². The molecule has 6 nitrogen and oxygen atoms in total. The Hall–Kier alpha value is -2.89. The number of piperidine rings is 1. The van der Waals surface area contributed by atoms with Crippen LogP contribution in [0.15, 0.2) is 41.5 Å². The van der Waals surface area contributed by atoms with Crippen LogP contribution in [-0.4, -0.2) is 37.9 Å². The van der Waals surface area contributed by atoms with Crippen molar-refractivity contribution in [2.75, 3.05) is 6.54 Å². The Morgan fingerprint density at radius 2 is 2.11 bits per heavy atom. The summed E-state index contributed by atoms with van der Waals surface area (Å²) in [6, 6.07) is 7.44. The van der Waals surface area contributed by atoms with Crippen molar-refractivity contribution in [1.82, 2.24) is 19.4 Å². The molecule has 0 radical (unpaired) electrons. The number of aromatic nitrogens is 3. The molecule has 1 aliphatic heterocycles. The number of aromatic amines is 1. The molecule has 3 heterocycles. The molecule has 4 rings (SSSR count). The Kier molecular flexibility index (Phi) is 5.03. The lowest BCUT2D eigenvalue weighted by Crippen LogP contribution is -2.44. The number of likely N-dealkylation sites (tertiary alicyclic amines) is 1. The van der Waals surface area contributed by atoms with E-state index in [0.717, 1.165) is 55.5 Å². The van der Waals surface area contributed by atoms with Gasteiger partial charge >= 0.3 is 0 Å². The number of nitrogens with one attached hydrogen (secondary N) is 1. The van der Waals surface area contributed by atoms with E-state index in [0.29, 0.717) is 11.1 Å². The summed E-state index contributed by atoms with van der Waals surface area (Å²) in [5, 5.41) is 0.819. The smallest absolute Gasteiger partial charge is 0.254 e. The number of imidazole rings is 1. The molecule has 1 saturated heterocycles. The summed E-state index contributed by atoms with van der Waals surface area (Å²) >= 11 is 0. The van der Waals surface area contributed by atoms with Gasteiger partial charge in [-0.05, 0) is 51.7 Å². The second kappa shape index (κ2) is 7.62. The van der Waals surface area contributed by atoms with Crippen LogP contribution in [0.3, 0.4) is 0 Å². The summed E-state index contributed by atoms with van der Waals surface area (Å²) in [5.41, 5.74) is 2.05. The number of hydrogen-bond acceptors (Lipinski definition) is 3. The molecule has 1 atom stereocenters. The van der Waals surface area contributed by atoms with E-state index in [-0.39, 0.29) is 17.5 Å².